The molecule has 0 aliphatic carbocycles. The topological polar surface area (TPSA) is 43.8 Å². The average Bonchev–Trinajstić information content (AvgIpc) is 2.49. The summed E-state index contributed by atoms with van der Waals surface area (Å²) in [7, 11) is 0. The maximum absolute atomic E-state index is 11.3. The molecule has 2 rings (SSSR count). The normalized spacial score (nSPS) is 18.0. The number of rotatable bonds is 6. The van der Waals surface area contributed by atoms with E-state index in [9.17, 15) is 9.90 Å². The van der Waals surface area contributed by atoms with Gasteiger partial charge in [-0.1, -0.05) is 32.0 Å². The lowest BCUT2D eigenvalue weighted by Crippen LogP contribution is -2.56. The van der Waals surface area contributed by atoms with Crippen molar-refractivity contribution in [2.45, 2.75) is 38.6 Å². The van der Waals surface area contributed by atoms with Crippen molar-refractivity contribution in [3.63, 3.8) is 0 Å². The molecule has 4 nitrogen and oxygen atoms in total. The van der Waals surface area contributed by atoms with Crippen LogP contribution in [0.4, 0.5) is 5.69 Å². The van der Waals surface area contributed by atoms with Crippen molar-refractivity contribution in [1.82, 2.24) is 4.90 Å². The second-order valence-corrected chi connectivity index (χ2v) is 5.79. The molecule has 116 valence electrons. The van der Waals surface area contributed by atoms with Crippen molar-refractivity contribution in [3.8, 4) is 0 Å². The number of hydrogen-bond donors (Lipinski definition) is 1. The van der Waals surface area contributed by atoms with Gasteiger partial charge in [0.1, 0.15) is 0 Å². The summed E-state index contributed by atoms with van der Waals surface area (Å²) in [6.07, 6.45) is 2.07. The fourth-order valence-electron chi connectivity index (χ4n) is 3.60. The summed E-state index contributed by atoms with van der Waals surface area (Å²) < 4.78 is 0. The Morgan fingerprint density at radius 2 is 1.76 bits per heavy atom. The Bertz CT molecular complexity index is 449. The standard InChI is InChI=1S/C17H26N2O2/c1-3-19(4-2)17(14-16(20)21)10-12-18(13-11-17)15-8-6-5-7-9-15/h5-9H,3-4,10-14H2,1-2H3,(H,20,21). The van der Waals surface area contributed by atoms with Crippen LogP contribution >= 0.6 is 0 Å². The summed E-state index contributed by atoms with van der Waals surface area (Å²) in [6, 6.07) is 10.4. The molecule has 4 heteroatoms. The van der Waals surface area contributed by atoms with Crippen molar-refractivity contribution in [2.24, 2.45) is 0 Å². The monoisotopic (exact) mass is 290 g/mol. The van der Waals surface area contributed by atoms with Gasteiger partial charge in [0.05, 0.1) is 6.42 Å². The quantitative estimate of drug-likeness (QED) is 0.875. The molecule has 1 aliphatic rings. The van der Waals surface area contributed by atoms with E-state index in [2.05, 4.69) is 47.9 Å². The first-order valence-electron chi connectivity index (χ1n) is 7.88. The lowest BCUT2D eigenvalue weighted by molar-refractivity contribution is -0.141. The van der Waals surface area contributed by atoms with E-state index in [0.717, 1.165) is 39.0 Å². The Morgan fingerprint density at radius 3 is 2.24 bits per heavy atom. The maximum atomic E-state index is 11.3. The summed E-state index contributed by atoms with van der Waals surface area (Å²) in [5.74, 6) is -0.685. The SMILES string of the molecule is CCN(CC)C1(CC(=O)O)CCN(c2ccccc2)CC1. The van der Waals surface area contributed by atoms with Crippen molar-refractivity contribution in [3.05, 3.63) is 30.3 Å². The molecule has 1 aromatic rings. The van der Waals surface area contributed by atoms with Crippen LogP contribution in [-0.2, 0) is 4.79 Å². The Labute approximate surface area is 127 Å². The van der Waals surface area contributed by atoms with E-state index in [0.29, 0.717) is 0 Å². The van der Waals surface area contributed by atoms with E-state index >= 15 is 0 Å². The average molecular weight is 290 g/mol. The number of nitrogens with zero attached hydrogens (tertiary/aromatic N) is 2. The molecule has 1 N–H and O–H groups in total. The largest absolute Gasteiger partial charge is 0.481 e. The summed E-state index contributed by atoms with van der Waals surface area (Å²) in [5, 5.41) is 9.31. The number of para-hydroxylation sites is 1. The van der Waals surface area contributed by atoms with Crippen LogP contribution in [-0.4, -0.2) is 47.7 Å². The summed E-state index contributed by atoms with van der Waals surface area (Å²) in [5.41, 5.74) is 1.06. The van der Waals surface area contributed by atoms with E-state index in [1.165, 1.54) is 5.69 Å². The first-order valence-corrected chi connectivity index (χ1v) is 7.88. The molecule has 0 aromatic heterocycles. The highest BCUT2D eigenvalue weighted by atomic mass is 16.4. The van der Waals surface area contributed by atoms with Crippen LogP contribution in [0.1, 0.15) is 33.1 Å². The van der Waals surface area contributed by atoms with E-state index < -0.39 is 5.97 Å². The third kappa shape index (κ3) is 3.56. The summed E-state index contributed by atoms with van der Waals surface area (Å²) in [4.78, 5) is 16.0. The Hall–Kier alpha value is -1.55. The molecule has 1 aliphatic heterocycles. The Kier molecular flexibility index (Phi) is 5.23. The first-order chi connectivity index (χ1) is 10.1. The number of benzene rings is 1. The predicted octanol–water partition coefficient (Wildman–Crippen LogP) is 2.84. The fraction of sp³-hybridized carbons (Fsp3) is 0.588. The molecule has 0 unspecified atom stereocenters. The summed E-state index contributed by atoms with van der Waals surface area (Å²) >= 11 is 0. The maximum Gasteiger partial charge on any atom is 0.305 e. The van der Waals surface area contributed by atoms with Gasteiger partial charge in [-0.05, 0) is 38.1 Å². The predicted molar refractivity (Wildman–Crippen MR) is 85.8 cm³/mol. The van der Waals surface area contributed by atoms with Crippen LogP contribution in [0.25, 0.3) is 0 Å². The molecular weight excluding hydrogens is 264 g/mol. The number of anilines is 1. The van der Waals surface area contributed by atoms with Crippen molar-refractivity contribution in [1.29, 1.82) is 0 Å². The van der Waals surface area contributed by atoms with Gasteiger partial charge >= 0.3 is 5.97 Å². The third-order valence-corrected chi connectivity index (χ3v) is 4.73. The van der Waals surface area contributed by atoms with E-state index in [1.807, 2.05) is 6.07 Å². The first kappa shape index (κ1) is 15.8. The molecule has 0 spiro atoms. The minimum Gasteiger partial charge on any atom is -0.481 e. The minimum atomic E-state index is -0.685. The number of aliphatic carboxylic acids is 1. The number of carboxylic acids is 1. The number of piperidine rings is 1. The van der Waals surface area contributed by atoms with Crippen LogP contribution < -0.4 is 4.90 Å². The number of carbonyl (C=O) groups is 1. The zero-order valence-electron chi connectivity index (χ0n) is 13.1. The molecule has 0 atom stereocenters. The van der Waals surface area contributed by atoms with Crippen LogP contribution in [0.5, 0.6) is 0 Å². The molecule has 1 fully saturated rings. The van der Waals surface area contributed by atoms with Gasteiger partial charge in [-0.15, -0.1) is 0 Å². The van der Waals surface area contributed by atoms with Crippen LogP contribution in [0, 0.1) is 0 Å². The third-order valence-electron chi connectivity index (χ3n) is 4.73. The van der Waals surface area contributed by atoms with Gasteiger partial charge in [-0.2, -0.15) is 0 Å². The highest BCUT2D eigenvalue weighted by Crippen LogP contribution is 2.34. The van der Waals surface area contributed by atoms with Crippen LogP contribution in [0.15, 0.2) is 30.3 Å². The molecule has 1 saturated heterocycles. The van der Waals surface area contributed by atoms with Crippen LogP contribution in [0.2, 0.25) is 0 Å². The van der Waals surface area contributed by atoms with Crippen molar-refractivity contribution in [2.75, 3.05) is 31.1 Å². The number of carboxylic acid groups (broad SMARTS) is 1. The van der Waals surface area contributed by atoms with Crippen LogP contribution in [0.3, 0.4) is 0 Å². The van der Waals surface area contributed by atoms with Gasteiger partial charge in [0.15, 0.2) is 0 Å². The molecule has 0 bridgehead atoms. The van der Waals surface area contributed by atoms with Crippen molar-refractivity contribution < 1.29 is 9.90 Å². The van der Waals surface area contributed by atoms with Gasteiger partial charge in [0.25, 0.3) is 0 Å². The highest BCUT2D eigenvalue weighted by Gasteiger charge is 2.40. The molecular formula is C17H26N2O2. The van der Waals surface area contributed by atoms with Crippen molar-refractivity contribution >= 4 is 11.7 Å². The zero-order valence-corrected chi connectivity index (χ0v) is 13.1. The molecule has 0 radical (unpaired) electrons. The Morgan fingerprint density at radius 1 is 1.19 bits per heavy atom. The zero-order chi connectivity index (χ0) is 15.3. The highest BCUT2D eigenvalue weighted by molar-refractivity contribution is 5.68. The van der Waals surface area contributed by atoms with Gasteiger partial charge in [-0.25, -0.2) is 0 Å². The molecule has 0 saturated carbocycles. The molecule has 1 aromatic carbocycles. The summed E-state index contributed by atoms with van der Waals surface area (Å²) in [6.45, 7) is 7.92. The minimum absolute atomic E-state index is 0.180. The lowest BCUT2D eigenvalue weighted by Gasteiger charge is -2.48. The Balaban J connectivity index is 2.11. The van der Waals surface area contributed by atoms with Gasteiger partial charge in [0.2, 0.25) is 0 Å². The van der Waals surface area contributed by atoms with Gasteiger partial charge < -0.3 is 10.0 Å². The molecule has 21 heavy (non-hydrogen) atoms. The molecule has 0 amide bonds. The molecule has 1 heterocycles. The van der Waals surface area contributed by atoms with E-state index in [1.54, 1.807) is 0 Å². The fourth-order valence-corrected chi connectivity index (χ4v) is 3.60. The smallest absolute Gasteiger partial charge is 0.305 e. The number of hydrogen-bond acceptors (Lipinski definition) is 3. The van der Waals surface area contributed by atoms with E-state index in [-0.39, 0.29) is 12.0 Å². The second-order valence-electron chi connectivity index (χ2n) is 5.79. The van der Waals surface area contributed by atoms with E-state index in [4.69, 9.17) is 0 Å². The van der Waals surface area contributed by atoms with Gasteiger partial charge in [0, 0.05) is 24.3 Å². The second kappa shape index (κ2) is 6.94. The van der Waals surface area contributed by atoms with Gasteiger partial charge in [-0.3, -0.25) is 9.69 Å². The lowest BCUT2D eigenvalue weighted by atomic mass is 9.82.